The Kier molecular flexibility index (Phi) is 3.87. The number of aromatic nitrogens is 1. The number of nitrogens with two attached hydrogens (primary N) is 1. The van der Waals surface area contributed by atoms with Gasteiger partial charge in [-0.25, -0.2) is 0 Å². The van der Waals surface area contributed by atoms with E-state index in [0.717, 1.165) is 17.5 Å². The van der Waals surface area contributed by atoms with Crippen molar-refractivity contribution in [2.24, 2.45) is 0 Å². The number of rotatable bonds is 2. The molecule has 0 amide bonds. The Balaban J connectivity index is 1.98. The fourth-order valence-corrected chi connectivity index (χ4v) is 3.14. The molecule has 3 rings (SSSR count). The lowest BCUT2D eigenvalue weighted by molar-refractivity contribution is 0.0299. The molecule has 0 saturated carbocycles. The first kappa shape index (κ1) is 14.4. The first-order valence-electron chi connectivity index (χ1n) is 6.92. The van der Waals surface area contributed by atoms with E-state index in [0.29, 0.717) is 23.3 Å². The van der Waals surface area contributed by atoms with Crippen molar-refractivity contribution in [3.8, 4) is 0 Å². The third kappa shape index (κ3) is 2.63. The molecule has 0 spiro atoms. The first-order chi connectivity index (χ1) is 10.1. The number of benzene rings is 1. The van der Waals surface area contributed by atoms with Crippen LogP contribution in [0.2, 0.25) is 0 Å². The predicted octanol–water partition coefficient (Wildman–Crippen LogP) is 2.82. The lowest BCUT2D eigenvalue weighted by Crippen LogP contribution is -2.28. The fraction of sp³-hybridized carbons (Fsp3) is 0.312. The average molecular weight is 349 g/mol. The van der Waals surface area contributed by atoms with Gasteiger partial charge in [0, 0.05) is 6.20 Å². The van der Waals surface area contributed by atoms with Crippen molar-refractivity contribution in [2.75, 3.05) is 12.3 Å². The minimum atomic E-state index is -0.110. The monoisotopic (exact) mass is 348 g/mol. The summed E-state index contributed by atoms with van der Waals surface area (Å²) in [6, 6.07) is 8.22. The third-order valence-corrected chi connectivity index (χ3v) is 4.89. The first-order valence-corrected chi connectivity index (χ1v) is 7.71. The molecule has 0 saturated heterocycles. The molecule has 21 heavy (non-hydrogen) atoms. The van der Waals surface area contributed by atoms with Gasteiger partial charge in [0.05, 0.1) is 23.3 Å². The maximum Gasteiger partial charge on any atom is 0.265 e. The van der Waals surface area contributed by atoms with Gasteiger partial charge in [-0.3, -0.25) is 4.79 Å². The largest absolute Gasteiger partial charge is 0.397 e. The van der Waals surface area contributed by atoms with Crippen molar-refractivity contribution >= 4 is 21.6 Å². The molecular weight excluding hydrogens is 332 g/mol. The van der Waals surface area contributed by atoms with E-state index in [1.54, 1.807) is 10.8 Å². The highest BCUT2D eigenvalue weighted by molar-refractivity contribution is 9.10. The number of anilines is 1. The summed E-state index contributed by atoms with van der Waals surface area (Å²) in [6.45, 7) is 2.98. The van der Waals surface area contributed by atoms with Crippen LogP contribution < -0.4 is 11.3 Å². The summed E-state index contributed by atoms with van der Waals surface area (Å²) in [4.78, 5) is 12.3. The summed E-state index contributed by atoms with van der Waals surface area (Å²) in [6.07, 6.45) is 2.51. The molecular formula is C16H17BrN2O2. The van der Waals surface area contributed by atoms with Gasteiger partial charge in [0.15, 0.2) is 0 Å². The highest BCUT2D eigenvalue weighted by atomic mass is 79.9. The summed E-state index contributed by atoms with van der Waals surface area (Å²) >= 11 is 3.32. The molecule has 1 aliphatic rings. The molecule has 0 radical (unpaired) electrons. The van der Waals surface area contributed by atoms with Gasteiger partial charge in [-0.1, -0.05) is 24.3 Å². The molecule has 5 heteroatoms. The molecule has 0 aliphatic carbocycles. The summed E-state index contributed by atoms with van der Waals surface area (Å²) in [5.74, 6) is 0. The van der Waals surface area contributed by atoms with Crippen LogP contribution in [0.3, 0.4) is 0 Å². The smallest absolute Gasteiger partial charge is 0.265 e. The van der Waals surface area contributed by atoms with Crippen LogP contribution in [0.1, 0.15) is 22.8 Å². The lowest BCUT2D eigenvalue weighted by atomic mass is 9.97. The molecule has 1 aromatic heterocycles. The van der Waals surface area contributed by atoms with E-state index in [2.05, 4.69) is 28.1 Å². The Hall–Kier alpha value is -1.59. The highest BCUT2D eigenvalue weighted by Crippen LogP contribution is 2.28. The van der Waals surface area contributed by atoms with Gasteiger partial charge in [0.25, 0.3) is 5.56 Å². The van der Waals surface area contributed by atoms with Crippen molar-refractivity contribution in [3.63, 3.8) is 0 Å². The van der Waals surface area contributed by atoms with Crippen LogP contribution >= 0.6 is 15.9 Å². The molecule has 1 aliphatic heterocycles. The second-order valence-electron chi connectivity index (χ2n) is 5.29. The zero-order chi connectivity index (χ0) is 15.0. The number of nitrogen functional groups attached to an aromatic ring is 1. The van der Waals surface area contributed by atoms with E-state index in [-0.39, 0.29) is 11.7 Å². The van der Waals surface area contributed by atoms with E-state index < -0.39 is 0 Å². The van der Waals surface area contributed by atoms with Crippen molar-refractivity contribution < 1.29 is 4.74 Å². The van der Waals surface area contributed by atoms with Crippen LogP contribution in [-0.2, 0) is 17.7 Å². The number of nitrogens with zero attached hydrogens (tertiary/aromatic N) is 1. The van der Waals surface area contributed by atoms with Gasteiger partial charge in [-0.05, 0) is 46.0 Å². The highest BCUT2D eigenvalue weighted by Gasteiger charge is 2.22. The van der Waals surface area contributed by atoms with E-state index in [1.165, 1.54) is 5.56 Å². The molecule has 1 atom stereocenters. The van der Waals surface area contributed by atoms with Crippen LogP contribution in [0.15, 0.2) is 39.7 Å². The van der Waals surface area contributed by atoms with Gasteiger partial charge in [0.2, 0.25) is 0 Å². The third-order valence-electron chi connectivity index (χ3n) is 3.96. The number of halogens is 1. The molecule has 1 unspecified atom stereocenters. The molecule has 1 aromatic carbocycles. The van der Waals surface area contributed by atoms with Gasteiger partial charge < -0.3 is 15.0 Å². The topological polar surface area (TPSA) is 57.2 Å². The Morgan fingerprint density at radius 2 is 2.19 bits per heavy atom. The molecule has 0 bridgehead atoms. The van der Waals surface area contributed by atoms with Crippen LogP contribution in [0, 0.1) is 6.92 Å². The van der Waals surface area contributed by atoms with Gasteiger partial charge in [0.1, 0.15) is 6.10 Å². The molecule has 4 nitrogen and oxygen atoms in total. The van der Waals surface area contributed by atoms with Gasteiger partial charge in [-0.15, -0.1) is 0 Å². The van der Waals surface area contributed by atoms with Gasteiger partial charge in [-0.2, -0.15) is 0 Å². The Morgan fingerprint density at radius 1 is 1.43 bits per heavy atom. The van der Waals surface area contributed by atoms with Crippen LogP contribution in [0.25, 0.3) is 0 Å². The van der Waals surface area contributed by atoms with Crippen LogP contribution in [0.4, 0.5) is 5.69 Å². The molecule has 110 valence electrons. The quantitative estimate of drug-likeness (QED) is 0.907. The number of hydrogen-bond acceptors (Lipinski definition) is 3. The number of hydrogen-bond donors (Lipinski definition) is 1. The van der Waals surface area contributed by atoms with Gasteiger partial charge >= 0.3 is 0 Å². The summed E-state index contributed by atoms with van der Waals surface area (Å²) in [7, 11) is 0. The summed E-state index contributed by atoms with van der Waals surface area (Å²) in [5.41, 5.74) is 9.72. The number of pyridine rings is 1. The minimum absolute atomic E-state index is 0.0756. The van der Waals surface area contributed by atoms with Crippen molar-refractivity contribution in [1.82, 2.24) is 4.57 Å². The van der Waals surface area contributed by atoms with Crippen molar-refractivity contribution in [3.05, 3.63) is 62.0 Å². The zero-order valence-electron chi connectivity index (χ0n) is 11.8. The Bertz CT molecular complexity index is 740. The van der Waals surface area contributed by atoms with E-state index >= 15 is 0 Å². The standard InChI is InChI=1S/C16H17BrN2O2/c1-10-13(18)8-19(16(20)15(10)17)9-14-12-5-3-2-4-11(12)6-7-21-14/h2-5,8,14H,6-7,9,18H2,1H3. The molecule has 0 fully saturated rings. The second-order valence-corrected chi connectivity index (χ2v) is 6.08. The van der Waals surface area contributed by atoms with E-state index in [1.807, 2.05) is 19.1 Å². The normalized spacial score (nSPS) is 17.5. The number of fused-ring (bicyclic) bond motifs is 1. The SMILES string of the molecule is Cc1c(N)cn(CC2OCCc3ccccc32)c(=O)c1Br. The Morgan fingerprint density at radius 3 is 3.00 bits per heavy atom. The van der Waals surface area contributed by atoms with Crippen molar-refractivity contribution in [2.45, 2.75) is 26.0 Å². The zero-order valence-corrected chi connectivity index (χ0v) is 13.4. The van der Waals surface area contributed by atoms with E-state index in [9.17, 15) is 4.79 Å². The van der Waals surface area contributed by atoms with E-state index in [4.69, 9.17) is 10.5 Å². The molecule has 2 heterocycles. The maximum absolute atomic E-state index is 12.3. The van der Waals surface area contributed by atoms with Crippen LogP contribution in [0.5, 0.6) is 0 Å². The minimum Gasteiger partial charge on any atom is -0.397 e. The summed E-state index contributed by atoms with van der Waals surface area (Å²) in [5, 5.41) is 0. The fourth-order valence-electron chi connectivity index (χ4n) is 2.68. The predicted molar refractivity (Wildman–Crippen MR) is 86.4 cm³/mol. The summed E-state index contributed by atoms with van der Waals surface area (Å²) < 4.78 is 8.00. The van der Waals surface area contributed by atoms with Crippen molar-refractivity contribution in [1.29, 1.82) is 0 Å². The second kappa shape index (κ2) is 5.66. The lowest BCUT2D eigenvalue weighted by Gasteiger charge is -2.27. The Labute approximate surface area is 131 Å². The maximum atomic E-state index is 12.3. The van der Waals surface area contributed by atoms with Crippen LogP contribution in [-0.4, -0.2) is 11.2 Å². The average Bonchev–Trinajstić information content (AvgIpc) is 2.51. The molecule has 2 aromatic rings. The number of ether oxygens (including phenoxy) is 1. The molecule has 2 N–H and O–H groups in total.